The lowest BCUT2D eigenvalue weighted by Crippen LogP contribution is -2.00. The zero-order valence-corrected chi connectivity index (χ0v) is 16.8. The normalized spacial score (nSPS) is 10.9. The predicted molar refractivity (Wildman–Crippen MR) is 108 cm³/mol. The molecule has 3 heterocycles. The summed E-state index contributed by atoms with van der Waals surface area (Å²) < 4.78 is 8.93. The van der Waals surface area contributed by atoms with Crippen molar-refractivity contribution in [2.24, 2.45) is 0 Å². The largest absolute Gasteiger partial charge is 0.497 e. The summed E-state index contributed by atoms with van der Waals surface area (Å²) >= 11 is 7.09. The third-order valence-electron chi connectivity index (χ3n) is 3.82. The number of pyridine rings is 1. The minimum Gasteiger partial charge on any atom is -0.497 e. The molecule has 0 atom stereocenters. The van der Waals surface area contributed by atoms with Crippen molar-refractivity contribution in [2.75, 3.05) is 12.4 Å². The molecule has 0 bridgehead atoms. The van der Waals surface area contributed by atoms with Crippen LogP contribution < -0.4 is 10.1 Å². The smallest absolute Gasteiger partial charge is 0.227 e. The molecule has 0 aliphatic carbocycles. The fraction of sp³-hybridized carbons (Fsp3) is 0.0556. The number of anilines is 2. The first-order valence-corrected chi connectivity index (χ1v) is 9.30. The van der Waals surface area contributed by atoms with Gasteiger partial charge in [0.05, 0.1) is 30.4 Å². The highest BCUT2D eigenvalue weighted by Crippen LogP contribution is 2.36. The van der Waals surface area contributed by atoms with Crippen LogP contribution in [0.25, 0.3) is 17.0 Å². The molecule has 4 aromatic rings. The van der Waals surface area contributed by atoms with Gasteiger partial charge in [0.1, 0.15) is 11.4 Å². The van der Waals surface area contributed by atoms with E-state index in [1.165, 1.54) is 0 Å². The molecule has 6 nitrogen and oxygen atoms in total. The van der Waals surface area contributed by atoms with Crippen molar-refractivity contribution in [1.82, 2.24) is 19.4 Å². The van der Waals surface area contributed by atoms with E-state index in [4.69, 9.17) is 4.74 Å². The first-order chi connectivity index (χ1) is 12.7. The number of hydrogen-bond donors (Lipinski definition) is 1. The van der Waals surface area contributed by atoms with E-state index in [1.54, 1.807) is 19.5 Å². The number of nitrogens with one attached hydrogen (secondary N) is 1. The Kier molecular flexibility index (Phi) is 4.60. The Hall–Kier alpha value is -2.45. The fourth-order valence-corrected chi connectivity index (χ4v) is 3.93. The van der Waals surface area contributed by atoms with Gasteiger partial charge in [-0.1, -0.05) is 6.07 Å². The van der Waals surface area contributed by atoms with Gasteiger partial charge in [-0.05, 0) is 62.2 Å². The minimum atomic E-state index is 0.486. The summed E-state index contributed by atoms with van der Waals surface area (Å²) in [5.74, 6) is 1.23. The first-order valence-electron chi connectivity index (χ1n) is 7.71. The van der Waals surface area contributed by atoms with Crippen LogP contribution in [0.5, 0.6) is 5.75 Å². The van der Waals surface area contributed by atoms with Crippen LogP contribution in [-0.4, -0.2) is 26.5 Å². The molecule has 0 fully saturated rings. The fourth-order valence-electron chi connectivity index (χ4n) is 2.58. The Morgan fingerprint density at radius 3 is 2.65 bits per heavy atom. The van der Waals surface area contributed by atoms with E-state index < -0.39 is 0 Å². The molecule has 0 amide bonds. The second-order valence-electron chi connectivity index (χ2n) is 5.43. The number of hydrogen-bond acceptors (Lipinski definition) is 5. The number of aromatic nitrogens is 4. The van der Waals surface area contributed by atoms with E-state index in [2.05, 4.69) is 52.1 Å². The monoisotopic (exact) mass is 473 g/mol. The van der Waals surface area contributed by atoms with Gasteiger partial charge < -0.3 is 10.1 Å². The van der Waals surface area contributed by atoms with Gasteiger partial charge in [-0.25, -0.2) is 15.0 Å². The third-order valence-corrected chi connectivity index (χ3v) is 5.07. The summed E-state index contributed by atoms with van der Waals surface area (Å²) in [6, 6.07) is 11.5. The molecule has 130 valence electrons. The summed E-state index contributed by atoms with van der Waals surface area (Å²) in [7, 11) is 1.63. The van der Waals surface area contributed by atoms with Gasteiger partial charge in [-0.2, -0.15) is 0 Å². The molecule has 1 aromatic carbocycles. The highest BCUT2D eigenvalue weighted by molar-refractivity contribution is 9.11. The van der Waals surface area contributed by atoms with E-state index in [0.717, 1.165) is 37.4 Å². The Morgan fingerprint density at radius 2 is 1.88 bits per heavy atom. The lowest BCUT2D eigenvalue weighted by molar-refractivity contribution is 0.414. The van der Waals surface area contributed by atoms with Gasteiger partial charge >= 0.3 is 0 Å². The van der Waals surface area contributed by atoms with Gasteiger partial charge in [0, 0.05) is 21.3 Å². The maximum atomic E-state index is 5.26. The Balaban J connectivity index is 1.71. The quantitative estimate of drug-likeness (QED) is 0.447. The molecular weight excluding hydrogens is 462 g/mol. The lowest BCUT2D eigenvalue weighted by Gasteiger charge is -2.12. The Bertz CT molecular complexity index is 1070. The number of fused-ring (bicyclic) bond motifs is 1. The molecule has 3 aromatic heterocycles. The van der Waals surface area contributed by atoms with Crippen LogP contribution in [-0.2, 0) is 0 Å². The van der Waals surface area contributed by atoms with E-state index >= 15 is 0 Å². The highest BCUT2D eigenvalue weighted by atomic mass is 79.9. The molecule has 26 heavy (non-hydrogen) atoms. The predicted octanol–water partition coefficient (Wildman–Crippen LogP) is 5.07. The van der Waals surface area contributed by atoms with E-state index in [-0.39, 0.29) is 0 Å². The van der Waals surface area contributed by atoms with Gasteiger partial charge in [0.15, 0.2) is 0 Å². The molecular formula is C18H13Br2N5O. The number of benzene rings is 1. The average molecular weight is 475 g/mol. The Labute approximate surface area is 166 Å². The molecule has 0 spiro atoms. The van der Waals surface area contributed by atoms with E-state index in [9.17, 15) is 0 Å². The van der Waals surface area contributed by atoms with Gasteiger partial charge in [0.25, 0.3) is 0 Å². The van der Waals surface area contributed by atoms with Gasteiger partial charge in [0.2, 0.25) is 5.95 Å². The number of halogens is 2. The summed E-state index contributed by atoms with van der Waals surface area (Å²) in [4.78, 5) is 13.4. The number of methoxy groups -OCH3 is 1. The van der Waals surface area contributed by atoms with Gasteiger partial charge in [-0.15, -0.1) is 0 Å². The van der Waals surface area contributed by atoms with Crippen LogP contribution in [0, 0.1) is 0 Å². The average Bonchev–Trinajstić information content (AvgIpc) is 3.09. The SMILES string of the molecule is COc1cc(Br)c(Nc2nccc(-c3cnc4ccccn34)n2)c(Br)c1. The van der Waals surface area contributed by atoms with Crippen LogP contribution in [0.4, 0.5) is 11.6 Å². The lowest BCUT2D eigenvalue weighted by atomic mass is 10.3. The topological polar surface area (TPSA) is 64.3 Å². The van der Waals surface area contributed by atoms with Crippen molar-refractivity contribution in [3.8, 4) is 17.1 Å². The standard InChI is InChI=1S/C18H13Br2N5O/c1-26-11-8-12(19)17(13(20)9-11)24-18-21-6-5-14(23-18)15-10-22-16-4-2-3-7-25(15)16/h2-10H,1H3,(H,21,23,24). The summed E-state index contributed by atoms with van der Waals surface area (Å²) in [6.07, 6.45) is 5.49. The minimum absolute atomic E-state index is 0.486. The van der Waals surface area contributed by atoms with Crippen LogP contribution in [0.15, 0.2) is 63.9 Å². The highest BCUT2D eigenvalue weighted by Gasteiger charge is 2.12. The molecule has 0 saturated heterocycles. The number of rotatable bonds is 4. The van der Waals surface area contributed by atoms with Crippen LogP contribution in [0.3, 0.4) is 0 Å². The molecule has 0 unspecified atom stereocenters. The van der Waals surface area contributed by atoms with E-state index in [1.807, 2.05) is 47.0 Å². The number of ether oxygens (including phenoxy) is 1. The summed E-state index contributed by atoms with van der Waals surface area (Å²) in [5, 5.41) is 3.24. The van der Waals surface area contributed by atoms with Crippen molar-refractivity contribution in [1.29, 1.82) is 0 Å². The van der Waals surface area contributed by atoms with Crippen LogP contribution in [0.1, 0.15) is 0 Å². The maximum absolute atomic E-state index is 5.26. The van der Waals surface area contributed by atoms with Crippen molar-refractivity contribution in [3.63, 3.8) is 0 Å². The van der Waals surface area contributed by atoms with Crippen molar-refractivity contribution in [2.45, 2.75) is 0 Å². The second-order valence-corrected chi connectivity index (χ2v) is 7.14. The molecule has 8 heteroatoms. The van der Waals surface area contributed by atoms with Crippen molar-refractivity contribution < 1.29 is 4.74 Å². The third kappa shape index (κ3) is 3.17. The van der Waals surface area contributed by atoms with E-state index in [0.29, 0.717) is 5.95 Å². The molecule has 1 N–H and O–H groups in total. The second kappa shape index (κ2) is 7.05. The zero-order chi connectivity index (χ0) is 18.1. The molecule has 0 aliphatic rings. The Morgan fingerprint density at radius 1 is 1.08 bits per heavy atom. The summed E-state index contributed by atoms with van der Waals surface area (Å²) in [5.41, 5.74) is 3.37. The molecule has 0 saturated carbocycles. The van der Waals surface area contributed by atoms with Crippen molar-refractivity contribution >= 4 is 49.1 Å². The summed E-state index contributed by atoms with van der Waals surface area (Å²) in [6.45, 7) is 0. The van der Waals surface area contributed by atoms with Crippen LogP contribution >= 0.6 is 31.9 Å². The van der Waals surface area contributed by atoms with Gasteiger partial charge in [-0.3, -0.25) is 4.40 Å². The van der Waals surface area contributed by atoms with Crippen molar-refractivity contribution in [3.05, 3.63) is 63.9 Å². The number of imidazole rings is 1. The molecule has 4 rings (SSSR count). The molecule has 0 aliphatic heterocycles. The first kappa shape index (κ1) is 17.0. The zero-order valence-electron chi connectivity index (χ0n) is 13.6. The maximum Gasteiger partial charge on any atom is 0.227 e. The molecule has 0 radical (unpaired) electrons. The van der Waals surface area contributed by atoms with Crippen LogP contribution in [0.2, 0.25) is 0 Å². The number of nitrogens with zero attached hydrogens (tertiary/aromatic N) is 4.